The van der Waals surface area contributed by atoms with E-state index < -0.39 is 5.95 Å². The zero-order chi connectivity index (χ0) is 26.5. The van der Waals surface area contributed by atoms with E-state index in [9.17, 15) is 8.78 Å². The molecule has 0 aliphatic heterocycles. The lowest BCUT2D eigenvalue weighted by Crippen LogP contribution is -2.06. The minimum absolute atomic E-state index is 0.0809. The molecule has 0 saturated carbocycles. The Labute approximate surface area is 211 Å². The monoisotopic (exact) mass is 494 g/mol. The van der Waals surface area contributed by atoms with Crippen molar-refractivity contribution < 1.29 is 23.0 Å². The highest BCUT2D eigenvalue weighted by molar-refractivity contribution is 5.64. The van der Waals surface area contributed by atoms with Crippen LogP contribution in [-0.4, -0.2) is 30.3 Å². The zero-order valence-electron chi connectivity index (χ0n) is 21.5. The van der Waals surface area contributed by atoms with Crippen LogP contribution in [0.1, 0.15) is 27.7 Å². The molecule has 0 atom stereocenters. The van der Waals surface area contributed by atoms with Gasteiger partial charge in [0.2, 0.25) is 11.8 Å². The topological polar surface area (TPSA) is 53.5 Å². The number of hydrogen-bond acceptors (Lipinski definition) is 5. The number of benzene rings is 2. The van der Waals surface area contributed by atoms with E-state index in [0.717, 1.165) is 11.3 Å². The highest BCUT2D eigenvalue weighted by Crippen LogP contribution is 2.33. The van der Waals surface area contributed by atoms with Crippen molar-refractivity contribution in [3.8, 4) is 39.8 Å². The fourth-order valence-electron chi connectivity index (χ4n) is 3.09. The Bertz CT molecular complexity index is 1220. The van der Waals surface area contributed by atoms with Gasteiger partial charge < -0.3 is 14.2 Å². The van der Waals surface area contributed by atoms with Crippen LogP contribution in [-0.2, 0) is 0 Å². The Morgan fingerprint density at radius 3 is 2.06 bits per heavy atom. The summed E-state index contributed by atoms with van der Waals surface area (Å²) in [6.45, 7) is 7.96. The largest absolute Gasteiger partial charge is 0.493 e. The van der Waals surface area contributed by atoms with Crippen LogP contribution in [0.25, 0.3) is 22.4 Å². The first kappa shape index (κ1) is 28.2. The molecule has 2 aromatic heterocycles. The van der Waals surface area contributed by atoms with E-state index in [1.54, 1.807) is 32.4 Å². The molecule has 4 rings (SSSR count). The molecule has 5 nitrogen and oxygen atoms in total. The minimum Gasteiger partial charge on any atom is -0.493 e. The van der Waals surface area contributed by atoms with Crippen LogP contribution in [0.3, 0.4) is 0 Å². The summed E-state index contributed by atoms with van der Waals surface area (Å²) in [5, 5.41) is 0. The van der Waals surface area contributed by atoms with Crippen molar-refractivity contribution in [2.75, 3.05) is 14.2 Å². The first-order valence-electron chi connectivity index (χ1n) is 11.6. The Balaban J connectivity index is 0.000000250. The SMILES string of the molecule is CC.COc1cccc(-c2ccc(OC)c(OC(C)C)c2)n1.Fc1cccc(-c2ccc(F)nc2)c1. The summed E-state index contributed by atoms with van der Waals surface area (Å²) in [4.78, 5) is 7.91. The predicted molar refractivity (Wildman–Crippen MR) is 139 cm³/mol. The molecule has 0 fully saturated rings. The summed E-state index contributed by atoms with van der Waals surface area (Å²) in [6.07, 6.45) is 1.46. The van der Waals surface area contributed by atoms with Gasteiger partial charge in [-0.3, -0.25) is 0 Å². The van der Waals surface area contributed by atoms with E-state index in [0.29, 0.717) is 28.5 Å². The van der Waals surface area contributed by atoms with Crippen LogP contribution in [0.5, 0.6) is 17.4 Å². The lowest BCUT2D eigenvalue weighted by Gasteiger charge is -2.14. The second-order valence-corrected chi connectivity index (χ2v) is 7.48. The number of hydrogen-bond donors (Lipinski definition) is 0. The van der Waals surface area contributed by atoms with Crippen LogP contribution < -0.4 is 14.2 Å². The summed E-state index contributed by atoms with van der Waals surface area (Å²) in [6, 6.07) is 20.3. The molecule has 190 valence electrons. The molecule has 36 heavy (non-hydrogen) atoms. The molecule has 4 aromatic rings. The molecule has 7 heteroatoms. The standard InChI is InChI=1S/C16H19NO3.C11H7F2N.C2H6/c1-11(2)20-15-10-12(8-9-14(15)18-3)13-6-5-7-16(17-13)19-4;12-10-3-1-2-8(6-10)9-4-5-11(13)14-7-9;1-2/h5-11H,1-4H3;1-7H;1-2H3. The summed E-state index contributed by atoms with van der Waals surface area (Å²) < 4.78 is 41.6. The highest BCUT2D eigenvalue weighted by atomic mass is 19.1. The molecule has 0 spiro atoms. The van der Waals surface area contributed by atoms with E-state index in [2.05, 4.69) is 9.97 Å². The number of pyridine rings is 2. The molecular formula is C29H32F2N2O3. The maximum atomic E-state index is 12.8. The fraction of sp³-hybridized carbons (Fsp3) is 0.241. The van der Waals surface area contributed by atoms with Gasteiger partial charge in [0.1, 0.15) is 5.82 Å². The molecule has 2 heterocycles. The highest BCUT2D eigenvalue weighted by Gasteiger charge is 2.10. The van der Waals surface area contributed by atoms with E-state index in [4.69, 9.17) is 14.2 Å². The number of aromatic nitrogens is 2. The molecule has 0 N–H and O–H groups in total. The van der Waals surface area contributed by atoms with Gasteiger partial charge in [-0.25, -0.2) is 14.4 Å². The maximum absolute atomic E-state index is 12.8. The van der Waals surface area contributed by atoms with Crippen molar-refractivity contribution in [3.63, 3.8) is 0 Å². The molecule has 0 aliphatic rings. The lowest BCUT2D eigenvalue weighted by molar-refractivity contribution is 0.230. The molecule has 0 unspecified atom stereocenters. The number of methoxy groups -OCH3 is 2. The summed E-state index contributed by atoms with van der Waals surface area (Å²) in [5.41, 5.74) is 3.18. The minimum atomic E-state index is -0.537. The smallest absolute Gasteiger partial charge is 0.213 e. The van der Waals surface area contributed by atoms with Crippen molar-refractivity contribution >= 4 is 0 Å². The van der Waals surface area contributed by atoms with Gasteiger partial charge in [0.15, 0.2) is 11.5 Å². The number of rotatable bonds is 6. The van der Waals surface area contributed by atoms with Crippen LogP contribution in [0.4, 0.5) is 8.78 Å². The van der Waals surface area contributed by atoms with Crippen molar-refractivity contribution in [1.29, 1.82) is 0 Å². The van der Waals surface area contributed by atoms with Crippen LogP contribution in [0.2, 0.25) is 0 Å². The van der Waals surface area contributed by atoms with Gasteiger partial charge in [-0.2, -0.15) is 4.39 Å². The van der Waals surface area contributed by atoms with Crippen molar-refractivity contribution in [1.82, 2.24) is 9.97 Å². The Kier molecular flexibility index (Phi) is 11.3. The van der Waals surface area contributed by atoms with Crippen molar-refractivity contribution in [2.45, 2.75) is 33.8 Å². The Hall–Kier alpha value is -4.00. The van der Waals surface area contributed by atoms with Gasteiger partial charge in [0.05, 0.1) is 26.0 Å². The quantitative estimate of drug-likeness (QED) is 0.258. The molecule has 0 saturated heterocycles. The first-order valence-corrected chi connectivity index (χ1v) is 11.6. The summed E-state index contributed by atoms with van der Waals surface area (Å²) >= 11 is 0. The van der Waals surface area contributed by atoms with Crippen molar-refractivity contribution in [2.24, 2.45) is 0 Å². The average Bonchev–Trinajstić information content (AvgIpc) is 2.90. The van der Waals surface area contributed by atoms with Gasteiger partial charge >= 0.3 is 0 Å². The van der Waals surface area contributed by atoms with Gasteiger partial charge in [-0.05, 0) is 67.9 Å². The molecule has 2 aromatic carbocycles. The Morgan fingerprint density at radius 2 is 1.44 bits per heavy atom. The number of nitrogens with zero attached hydrogens (tertiary/aromatic N) is 2. The van der Waals surface area contributed by atoms with Crippen LogP contribution >= 0.6 is 0 Å². The van der Waals surface area contributed by atoms with Crippen LogP contribution in [0, 0.1) is 11.8 Å². The predicted octanol–water partition coefficient (Wildman–Crippen LogP) is 7.61. The van der Waals surface area contributed by atoms with E-state index in [1.807, 2.05) is 64.1 Å². The zero-order valence-corrected chi connectivity index (χ0v) is 21.5. The molecule has 0 aliphatic carbocycles. The third-order valence-corrected chi connectivity index (χ3v) is 4.64. The third kappa shape index (κ3) is 8.34. The second-order valence-electron chi connectivity index (χ2n) is 7.48. The molecule has 0 bridgehead atoms. The first-order chi connectivity index (χ1) is 17.4. The average molecular weight is 495 g/mol. The van der Waals surface area contributed by atoms with Gasteiger partial charge in [-0.1, -0.05) is 32.0 Å². The van der Waals surface area contributed by atoms with Gasteiger partial charge in [0, 0.05) is 23.4 Å². The lowest BCUT2D eigenvalue weighted by atomic mass is 10.1. The normalized spacial score (nSPS) is 9.92. The summed E-state index contributed by atoms with van der Waals surface area (Å²) in [7, 11) is 3.24. The molecular weight excluding hydrogens is 462 g/mol. The molecule has 0 radical (unpaired) electrons. The maximum Gasteiger partial charge on any atom is 0.213 e. The van der Waals surface area contributed by atoms with E-state index in [-0.39, 0.29) is 11.9 Å². The van der Waals surface area contributed by atoms with Gasteiger partial charge in [-0.15, -0.1) is 0 Å². The fourth-order valence-corrected chi connectivity index (χ4v) is 3.09. The number of halogens is 2. The van der Waals surface area contributed by atoms with Crippen LogP contribution in [0.15, 0.2) is 79.0 Å². The second kappa shape index (κ2) is 14.4. The van der Waals surface area contributed by atoms with E-state index in [1.165, 1.54) is 24.4 Å². The molecule has 0 amide bonds. The summed E-state index contributed by atoms with van der Waals surface area (Å²) in [5.74, 6) is 1.16. The van der Waals surface area contributed by atoms with Gasteiger partial charge in [0.25, 0.3) is 0 Å². The van der Waals surface area contributed by atoms with Crippen molar-refractivity contribution in [3.05, 3.63) is 90.8 Å². The van der Waals surface area contributed by atoms with E-state index >= 15 is 0 Å². The number of ether oxygens (including phenoxy) is 3. The Morgan fingerprint density at radius 1 is 0.722 bits per heavy atom. The third-order valence-electron chi connectivity index (χ3n) is 4.64.